The molecule has 0 fully saturated rings. The summed E-state index contributed by atoms with van der Waals surface area (Å²) in [5.41, 5.74) is 0.495. The molecular weight excluding hydrogens is 340 g/mol. The van der Waals surface area contributed by atoms with Crippen LogP contribution in [0.15, 0.2) is 54.6 Å². The van der Waals surface area contributed by atoms with Gasteiger partial charge in [-0.25, -0.2) is 0 Å². The summed E-state index contributed by atoms with van der Waals surface area (Å²) in [6.07, 6.45) is 0. The molecular formula is C22H28N2O3. The molecule has 0 aliphatic heterocycles. The van der Waals surface area contributed by atoms with Crippen LogP contribution >= 0.6 is 0 Å². The molecule has 2 aromatic carbocycles. The van der Waals surface area contributed by atoms with Crippen LogP contribution in [0.5, 0.6) is 5.75 Å². The molecule has 5 heteroatoms. The lowest BCUT2D eigenvalue weighted by Gasteiger charge is -2.30. The minimum atomic E-state index is -1.18. The van der Waals surface area contributed by atoms with Gasteiger partial charge in [0.15, 0.2) is 0 Å². The summed E-state index contributed by atoms with van der Waals surface area (Å²) in [5, 5.41) is 2.83. The zero-order chi connectivity index (χ0) is 19.9. The number of hydrogen-bond donors (Lipinski definition) is 1. The smallest absolute Gasteiger partial charge is 0.239 e. The number of hydrogen-bond acceptors (Lipinski definition) is 3. The van der Waals surface area contributed by atoms with E-state index >= 15 is 0 Å². The van der Waals surface area contributed by atoms with Gasteiger partial charge in [0.1, 0.15) is 11.2 Å². The van der Waals surface area contributed by atoms with Gasteiger partial charge < -0.3 is 15.0 Å². The van der Waals surface area contributed by atoms with Gasteiger partial charge >= 0.3 is 0 Å². The first-order valence-electron chi connectivity index (χ1n) is 9.26. The molecule has 27 heavy (non-hydrogen) atoms. The van der Waals surface area contributed by atoms with Gasteiger partial charge in [0.25, 0.3) is 0 Å². The molecule has 2 rings (SSSR count). The zero-order valence-electron chi connectivity index (χ0n) is 16.5. The number of ether oxygens (including phenoxy) is 1. The van der Waals surface area contributed by atoms with Crippen LogP contribution in [0, 0.1) is 5.41 Å². The predicted octanol–water partition coefficient (Wildman–Crippen LogP) is 4.10. The van der Waals surface area contributed by atoms with Crippen molar-refractivity contribution < 1.29 is 14.3 Å². The van der Waals surface area contributed by atoms with Crippen molar-refractivity contribution in [1.82, 2.24) is 4.90 Å². The van der Waals surface area contributed by atoms with Gasteiger partial charge in [0.2, 0.25) is 11.8 Å². The van der Waals surface area contributed by atoms with Crippen LogP contribution in [0.2, 0.25) is 0 Å². The summed E-state index contributed by atoms with van der Waals surface area (Å²) in [4.78, 5) is 27.5. The van der Waals surface area contributed by atoms with Gasteiger partial charge in [0.05, 0.1) is 6.61 Å². The zero-order valence-corrected chi connectivity index (χ0v) is 16.5. The summed E-state index contributed by atoms with van der Waals surface area (Å²) in [5.74, 6) is 0.214. The molecule has 0 aliphatic carbocycles. The molecule has 2 aromatic rings. The normalized spacial score (nSPS) is 11.0. The lowest BCUT2D eigenvalue weighted by atomic mass is 9.90. The Morgan fingerprint density at radius 1 is 1.00 bits per heavy atom. The summed E-state index contributed by atoms with van der Waals surface area (Å²) in [6.45, 7) is 8.75. The van der Waals surface area contributed by atoms with Crippen LogP contribution in [0.4, 0.5) is 5.69 Å². The number of nitrogens with zero attached hydrogens (tertiary/aromatic N) is 1. The Balaban J connectivity index is 2.07. The third kappa shape index (κ3) is 5.33. The van der Waals surface area contributed by atoms with Gasteiger partial charge in [-0.3, -0.25) is 9.59 Å². The second-order valence-corrected chi connectivity index (χ2v) is 6.84. The Labute approximate surface area is 161 Å². The monoisotopic (exact) mass is 368 g/mol. The average molecular weight is 368 g/mol. The van der Waals surface area contributed by atoms with E-state index < -0.39 is 5.41 Å². The molecule has 0 aliphatic rings. The first-order chi connectivity index (χ1) is 12.9. The van der Waals surface area contributed by atoms with Gasteiger partial charge in [-0.2, -0.15) is 0 Å². The lowest BCUT2D eigenvalue weighted by molar-refractivity contribution is -0.146. The number of rotatable bonds is 8. The maximum Gasteiger partial charge on any atom is 0.239 e. The number of carbonyl (C=O) groups is 2. The van der Waals surface area contributed by atoms with E-state index in [1.54, 1.807) is 43.0 Å². The summed E-state index contributed by atoms with van der Waals surface area (Å²) in [6, 6.07) is 16.9. The van der Waals surface area contributed by atoms with E-state index in [-0.39, 0.29) is 11.8 Å². The molecule has 0 unspecified atom stereocenters. The largest absolute Gasteiger partial charge is 0.494 e. The van der Waals surface area contributed by atoms with Crippen LogP contribution in [0.3, 0.4) is 0 Å². The Kier molecular flexibility index (Phi) is 6.99. The van der Waals surface area contributed by atoms with Crippen LogP contribution in [-0.4, -0.2) is 29.9 Å². The van der Waals surface area contributed by atoms with E-state index in [2.05, 4.69) is 5.32 Å². The molecule has 0 bridgehead atoms. The summed E-state index contributed by atoms with van der Waals surface area (Å²) >= 11 is 0. The SMILES string of the molecule is CCOc1ccc(NC(=O)C(C)(C)C(=O)N(CC)Cc2ccccc2)cc1. The fourth-order valence-corrected chi connectivity index (χ4v) is 2.71. The number of anilines is 1. The van der Waals surface area contributed by atoms with Crippen LogP contribution < -0.4 is 10.1 Å². The predicted molar refractivity (Wildman–Crippen MR) is 108 cm³/mol. The summed E-state index contributed by atoms with van der Waals surface area (Å²) in [7, 11) is 0. The van der Waals surface area contributed by atoms with E-state index in [9.17, 15) is 9.59 Å². The quantitative estimate of drug-likeness (QED) is 0.714. The average Bonchev–Trinajstić information content (AvgIpc) is 2.68. The van der Waals surface area contributed by atoms with Gasteiger partial charge in [-0.15, -0.1) is 0 Å². The highest BCUT2D eigenvalue weighted by molar-refractivity contribution is 6.09. The molecule has 5 nitrogen and oxygen atoms in total. The van der Waals surface area contributed by atoms with Crippen molar-refractivity contribution in [2.45, 2.75) is 34.2 Å². The molecule has 0 radical (unpaired) electrons. The van der Waals surface area contributed by atoms with Crippen molar-refractivity contribution in [3.05, 3.63) is 60.2 Å². The molecule has 0 atom stereocenters. The standard InChI is InChI=1S/C22H28N2O3/c1-5-24(16-17-10-8-7-9-11-17)21(26)22(3,4)20(25)23-18-12-14-19(15-13-18)27-6-2/h7-15H,5-6,16H2,1-4H3,(H,23,25). The minimum absolute atomic E-state index is 0.197. The Morgan fingerprint density at radius 3 is 2.19 bits per heavy atom. The van der Waals surface area contributed by atoms with Crippen molar-refractivity contribution in [2.75, 3.05) is 18.5 Å². The summed E-state index contributed by atoms with van der Waals surface area (Å²) < 4.78 is 5.40. The third-order valence-corrected chi connectivity index (χ3v) is 4.41. The fourth-order valence-electron chi connectivity index (χ4n) is 2.71. The highest BCUT2D eigenvalue weighted by Crippen LogP contribution is 2.24. The van der Waals surface area contributed by atoms with Gasteiger partial charge in [-0.1, -0.05) is 30.3 Å². The Hall–Kier alpha value is -2.82. The Morgan fingerprint density at radius 2 is 1.63 bits per heavy atom. The van der Waals surface area contributed by atoms with E-state index in [0.29, 0.717) is 25.4 Å². The maximum atomic E-state index is 13.0. The first-order valence-corrected chi connectivity index (χ1v) is 9.26. The lowest BCUT2D eigenvalue weighted by Crippen LogP contribution is -2.47. The van der Waals surface area contributed by atoms with Crippen LogP contribution in [0.1, 0.15) is 33.3 Å². The highest BCUT2D eigenvalue weighted by atomic mass is 16.5. The topological polar surface area (TPSA) is 58.6 Å². The molecule has 2 amide bonds. The van der Waals surface area contributed by atoms with E-state index in [1.165, 1.54) is 0 Å². The molecule has 0 saturated heterocycles. The van der Waals surface area contributed by atoms with Gasteiger partial charge in [-0.05, 0) is 57.5 Å². The molecule has 0 saturated carbocycles. The van der Waals surface area contributed by atoms with Crippen LogP contribution in [-0.2, 0) is 16.1 Å². The second kappa shape index (κ2) is 9.21. The fraction of sp³-hybridized carbons (Fsp3) is 0.364. The maximum absolute atomic E-state index is 13.0. The van der Waals surface area contributed by atoms with Crippen LogP contribution in [0.25, 0.3) is 0 Å². The highest BCUT2D eigenvalue weighted by Gasteiger charge is 2.38. The van der Waals surface area contributed by atoms with E-state index in [1.807, 2.05) is 44.2 Å². The van der Waals surface area contributed by atoms with Crippen molar-refractivity contribution in [3.63, 3.8) is 0 Å². The number of nitrogens with one attached hydrogen (secondary N) is 1. The van der Waals surface area contributed by atoms with Crippen molar-refractivity contribution in [3.8, 4) is 5.75 Å². The second-order valence-electron chi connectivity index (χ2n) is 6.84. The Bertz CT molecular complexity index is 755. The molecule has 0 spiro atoms. The van der Waals surface area contributed by atoms with Crippen molar-refractivity contribution in [2.24, 2.45) is 5.41 Å². The first kappa shape index (κ1) is 20.5. The molecule has 0 heterocycles. The minimum Gasteiger partial charge on any atom is -0.494 e. The number of benzene rings is 2. The molecule has 0 aromatic heterocycles. The van der Waals surface area contributed by atoms with Gasteiger partial charge in [0, 0.05) is 18.8 Å². The van der Waals surface area contributed by atoms with E-state index in [4.69, 9.17) is 4.74 Å². The number of carbonyl (C=O) groups excluding carboxylic acids is 2. The molecule has 1 N–H and O–H groups in total. The van der Waals surface area contributed by atoms with E-state index in [0.717, 1.165) is 11.3 Å². The molecule has 144 valence electrons. The third-order valence-electron chi connectivity index (χ3n) is 4.41. The number of amides is 2. The van der Waals surface area contributed by atoms with Crippen molar-refractivity contribution in [1.29, 1.82) is 0 Å². The van der Waals surface area contributed by atoms with Crippen molar-refractivity contribution >= 4 is 17.5 Å².